The molecule has 6 nitrogen and oxygen atoms in total. The van der Waals surface area contributed by atoms with Gasteiger partial charge in [0.1, 0.15) is 0 Å². The molecule has 0 aliphatic carbocycles. The van der Waals surface area contributed by atoms with Gasteiger partial charge in [-0.3, -0.25) is 14.5 Å². The van der Waals surface area contributed by atoms with Gasteiger partial charge in [0.05, 0.1) is 12.5 Å². The Balaban J connectivity index is 1.48. The van der Waals surface area contributed by atoms with Crippen LogP contribution < -0.4 is 10.6 Å². The summed E-state index contributed by atoms with van der Waals surface area (Å²) in [6.07, 6.45) is 1.78. The Kier molecular flexibility index (Phi) is 5.35. The Labute approximate surface area is 143 Å². The van der Waals surface area contributed by atoms with Crippen LogP contribution in [0.15, 0.2) is 30.3 Å². The fraction of sp³-hybridized carbons (Fsp3) is 0.556. The van der Waals surface area contributed by atoms with Gasteiger partial charge in [0.15, 0.2) is 0 Å². The lowest BCUT2D eigenvalue weighted by Crippen LogP contribution is -2.52. The Hall–Kier alpha value is -2.08. The van der Waals surface area contributed by atoms with Crippen LogP contribution in [0.3, 0.4) is 0 Å². The standard InChI is InChI=1S/C18H26N4O2/c19-18(24)15-5-4-8-20(13-15)14-17(23)22-11-9-21(10-12-22)16-6-2-1-3-7-16/h1-3,6-7,15H,4-5,8-14H2,(H2,19,24)/t15-/m1/s1. The first-order valence-electron chi connectivity index (χ1n) is 8.73. The maximum Gasteiger partial charge on any atom is 0.236 e. The smallest absolute Gasteiger partial charge is 0.236 e. The van der Waals surface area contributed by atoms with E-state index in [0.29, 0.717) is 13.1 Å². The number of likely N-dealkylation sites (tertiary alicyclic amines) is 1. The van der Waals surface area contributed by atoms with Gasteiger partial charge in [0.25, 0.3) is 0 Å². The summed E-state index contributed by atoms with van der Waals surface area (Å²) in [5.74, 6) is -0.196. The average molecular weight is 330 g/mol. The van der Waals surface area contributed by atoms with E-state index in [9.17, 15) is 9.59 Å². The molecule has 0 aromatic heterocycles. The number of rotatable bonds is 4. The number of hydrogen-bond acceptors (Lipinski definition) is 4. The van der Waals surface area contributed by atoms with E-state index in [1.165, 1.54) is 5.69 Å². The summed E-state index contributed by atoms with van der Waals surface area (Å²) in [4.78, 5) is 30.2. The van der Waals surface area contributed by atoms with Gasteiger partial charge in [-0.15, -0.1) is 0 Å². The van der Waals surface area contributed by atoms with Crippen molar-refractivity contribution in [3.63, 3.8) is 0 Å². The summed E-state index contributed by atoms with van der Waals surface area (Å²) in [7, 11) is 0. The third-order valence-electron chi connectivity index (χ3n) is 5.02. The number of piperidine rings is 1. The molecular formula is C18H26N4O2. The van der Waals surface area contributed by atoms with Crippen molar-refractivity contribution in [3.8, 4) is 0 Å². The normalized spacial score (nSPS) is 22.4. The zero-order chi connectivity index (χ0) is 16.9. The van der Waals surface area contributed by atoms with Gasteiger partial charge in [0, 0.05) is 38.4 Å². The Morgan fingerprint density at radius 2 is 1.75 bits per heavy atom. The zero-order valence-electron chi connectivity index (χ0n) is 14.1. The van der Waals surface area contributed by atoms with Gasteiger partial charge < -0.3 is 15.5 Å². The van der Waals surface area contributed by atoms with Crippen molar-refractivity contribution in [1.82, 2.24) is 9.80 Å². The number of benzene rings is 1. The van der Waals surface area contributed by atoms with Crippen molar-refractivity contribution in [1.29, 1.82) is 0 Å². The molecule has 6 heteroatoms. The Morgan fingerprint density at radius 3 is 2.42 bits per heavy atom. The second-order valence-corrected chi connectivity index (χ2v) is 6.68. The lowest BCUT2D eigenvalue weighted by atomic mass is 9.97. The Morgan fingerprint density at radius 1 is 1.04 bits per heavy atom. The first-order valence-corrected chi connectivity index (χ1v) is 8.73. The number of anilines is 1. The molecule has 2 amide bonds. The SMILES string of the molecule is NC(=O)[C@@H]1CCCN(CC(=O)N2CCN(c3ccccc3)CC2)C1. The maximum absolute atomic E-state index is 12.5. The number of piperazine rings is 1. The Bertz CT molecular complexity index is 570. The number of carbonyl (C=O) groups is 2. The molecule has 24 heavy (non-hydrogen) atoms. The second-order valence-electron chi connectivity index (χ2n) is 6.68. The molecule has 2 aliphatic rings. The number of amides is 2. The van der Waals surface area contributed by atoms with Crippen LogP contribution >= 0.6 is 0 Å². The van der Waals surface area contributed by atoms with E-state index >= 15 is 0 Å². The fourth-order valence-corrected chi connectivity index (χ4v) is 3.58. The number of para-hydroxylation sites is 1. The first kappa shape index (κ1) is 16.8. The van der Waals surface area contributed by atoms with E-state index in [2.05, 4.69) is 21.9 Å². The molecule has 1 atom stereocenters. The van der Waals surface area contributed by atoms with E-state index in [-0.39, 0.29) is 17.7 Å². The highest BCUT2D eigenvalue weighted by atomic mass is 16.2. The number of primary amides is 1. The summed E-state index contributed by atoms with van der Waals surface area (Å²) < 4.78 is 0. The number of hydrogen-bond donors (Lipinski definition) is 1. The highest BCUT2D eigenvalue weighted by Gasteiger charge is 2.27. The second kappa shape index (κ2) is 7.66. The minimum absolute atomic E-state index is 0.110. The van der Waals surface area contributed by atoms with Crippen LogP contribution in [-0.2, 0) is 9.59 Å². The van der Waals surface area contributed by atoms with Gasteiger partial charge in [-0.25, -0.2) is 0 Å². The van der Waals surface area contributed by atoms with Crippen LogP contribution in [0.4, 0.5) is 5.69 Å². The van der Waals surface area contributed by atoms with E-state index < -0.39 is 0 Å². The van der Waals surface area contributed by atoms with Crippen molar-refractivity contribution in [2.24, 2.45) is 11.7 Å². The van der Waals surface area contributed by atoms with Crippen LogP contribution in [0.5, 0.6) is 0 Å². The molecule has 1 aromatic rings. The summed E-state index contributed by atoms with van der Waals surface area (Å²) in [5.41, 5.74) is 6.62. The fourth-order valence-electron chi connectivity index (χ4n) is 3.58. The van der Waals surface area contributed by atoms with Gasteiger partial charge in [0.2, 0.25) is 11.8 Å². The van der Waals surface area contributed by atoms with Crippen molar-refractivity contribution in [2.75, 3.05) is 50.7 Å². The molecule has 0 radical (unpaired) electrons. The molecule has 2 fully saturated rings. The van der Waals surface area contributed by atoms with E-state index in [4.69, 9.17) is 5.73 Å². The highest BCUT2D eigenvalue weighted by molar-refractivity contribution is 5.79. The van der Waals surface area contributed by atoms with Crippen molar-refractivity contribution < 1.29 is 9.59 Å². The van der Waals surface area contributed by atoms with Gasteiger partial charge in [-0.1, -0.05) is 18.2 Å². The van der Waals surface area contributed by atoms with Crippen molar-refractivity contribution in [3.05, 3.63) is 30.3 Å². The number of carbonyl (C=O) groups excluding carboxylic acids is 2. The molecule has 3 rings (SSSR count). The van der Waals surface area contributed by atoms with Crippen LogP contribution in [0.1, 0.15) is 12.8 Å². The topological polar surface area (TPSA) is 69.9 Å². The third-order valence-corrected chi connectivity index (χ3v) is 5.02. The van der Waals surface area contributed by atoms with Crippen LogP contribution in [0.25, 0.3) is 0 Å². The summed E-state index contributed by atoms with van der Waals surface area (Å²) in [6, 6.07) is 10.3. The van der Waals surface area contributed by atoms with E-state index in [1.807, 2.05) is 23.1 Å². The first-order chi connectivity index (χ1) is 11.6. The monoisotopic (exact) mass is 330 g/mol. The van der Waals surface area contributed by atoms with Gasteiger partial charge >= 0.3 is 0 Å². The molecule has 0 saturated carbocycles. The minimum Gasteiger partial charge on any atom is -0.369 e. The molecule has 0 bridgehead atoms. The molecule has 1 aromatic carbocycles. The molecule has 0 unspecified atom stereocenters. The molecule has 2 aliphatic heterocycles. The van der Waals surface area contributed by atoms with Crippen LogP contribution in [0.2, 0.25) is 0 Å². The summed E-state index contributed by atoms with van der Waals surface area (Å²) in [5, 5.41) is 0. The van der Waals surface area contributed by atoms with Crippen LogP contribution in [0, 0.1) is 5.92 Å². The lowest BCUT2D eigenvalue weighted by molar-refractivity contribution is -0.134. The summed E-state index contributed by atoms with van der Waals surface area (Å²) >= 11 is 0. The number of nitrogens with two attached hydrogens (primary N) is 1. The van der Waals surface area contributed by atoms with Gasteiger partial charge in [-0.05, 0) is 31.5 Å². The summed E-state index contributed by atoms with van der Waals surface area (Å²) in [6.45, 7) is 5.11. The van der Waals surface area contributed by atoms with Crippen LogP contribution in [-0.4, -0.2) is 67.4 Å². The molecule has 0 spiro atoms. The lowest BCUT2D eigenvalue weighted by Gasteiger charge is -2.38. The highest BCUT2D eigenvalue weighted by Crippen LogP contribution is 2.18. The quantitative estimate of drug-likeness (QED) is 0.874. The number of nitrogens with zero attached hydrogens (tertiary/aromatic N) is 3. The van der Waals surface area contributed by atoms with E-state index in [0.717, 1.165) is 45.6 Å². The van der Waals surface area contributed by atoms with Crippen molar-refractivity contribution >= 4 is 17.5 Å². The van der Waals surface area contributed by atoms with Crippen molar-refractivity contribution in [2.45, 2.75) is 12.8 Å². The van der Waals surface area contributed by atoms with E-state index in [1.54, 1.807) is 0 Å². The molecule has 2 N–H and O–H groups in total. The molecule has 2 saturated heterocycles. The zero-order valence-corrected chi connectivity index (χ0v) is 14.1. The third kappa shape index (κ3) is 4.06. The van der Waals surface area contributed by atoms with Gasteiger partial charge in [-0.2, -0.15) is 0 Å². The molecule has 2 heterocycles. The largest absolute Gasteiger partial charge is 0.369 e. The predicted octanol–water partition coefficient (Wildman–Crippen LogP) is 0.533. The molecule has 130 valence electrons. The minimum atomic E-state index is -0.247. The molecular weight excluding hydrogens is 304 g/mol. The predicted molar refractivity (Wildman–Crippen MR) is 93.6 cm³/mol. The maximum atomic E-state index is 12.5. The average Bonchev–Trinajstić information content (AvgIpc) is 2.63.